The van der Waals surface area contributed by atoms with E-state index >= 15 is 4.57 Å². The van der Waals surface area contributed by atoms with E-state index in [4.69, 9.17) is 9.68 Å². The first-order valence-corrected chi connectivity index (χ1v) is 25.3. The van der Waals surface area contributed by atoms with Crippen LogP contribution in [0.25, 0.3) is 43.6 Å². The summed E-state index contributed by atoms with van der Waals surface area (Å²) in [5, 5.41) is 46.9. The van der Waals surface area contributed by atoms with Crippen LogP contribution in [0.15, 0.2) is 174 Å². The van der Waals surface area contributed by atoms with Gasteiger partial charge in [0.25, 0.3) is 11.4 Å². The van der Waals surface area contributed by atoms with Gasteiger partial charge in [0.2, 0.25) is 0 Å². The van der Waals surface area contributed by atoms with Gasteiger partial charge in [-0.05, 0) is 67.3 Å². The van der Waals surface area contributed by atoms with Crippen LogP contribution < -0.4 is 10.6 Å². The van der Waals surface area contributed by atoms with Crippen LogP contribution in [0.3, 0.4) is 0 Å². The maximum atomic E-state index is 16.4. The Balaban J connectivity index is 1.06. The number of non-ortho nitro benzene ring substituents is 2. The van der Waals surface area contributed by atoms with Crippen molar-refractivity contribution in [1.29, 1.82) is 0 Å². The van der Waals surface area contributed by atoms with Gasteiger partial charge in [-0.3, -0.25) is 20.2 Å². The van der Waals surface area contributed by atoms with Crippen LogP contribution >= 0.6 is 7.14 Å². The maximum Gasteiger partial charge on any atom is 0.331 e. The van der Waals surface area contributed by atoms with Gasteiger partial charge in [-0.25, -0.2) is 9.59 Å². The Morgan fingerprint density at radius 2 is 0.945 bits per heavy atom. The number of nitro benzene ring substituents is 2. The molecule has 9 aromatic rings. The molecule has 0 saturated heterocycles. The van der Waals surface area contributed by atoms with E-state index in [0.29, 0.717) is 45.7 Å². The van der Waals surface area contributed by atoms with E-state index in [2.05, 4.69) is 19.4 Å². The fourth-order valence-electron chi connectivity index (χ4n) is 9.71. The first-order valence-electron chi connectivity index (χ1n) is 23.6. The molecule has 2 heterocycles. The molecule has 0 aliphatic carbocycles. The summed E-state index contributed by atoms with van der Waals surface area (Å²) in [6.45, 7) is 5.34. The molecule has 0 aliphatic rings. The Labute approximate surface area is 418 Å². The number of aromatic nitrogens is 2. The molecule has 0 bridgehead atoms. The lowest BCUT2D eigenvalue weighted by Crippen LogP contribution is -2.43. The summed E-state index contributed by atoms with van der Waals surface area (Å²) in [6.07, 6.45) is 3.19. The normalized spacial score (nSPS) is 13.1. The molecule has 1 N–H and O–H groups in total. The second kappa shape index (κ2) is 20.6. The van der Waals surface area contributed by atoms with Crippen LogP contribution in [0.4, 0.5) is 11.4 Å². The molecule has 9 rings (SSSR count). The van der Waals surface area contributed by atoms with Crippen molar-refractivity contribution in [1.82, 2.24) is 9.13 Å². The monoisotopic (exact) mass is 996 g/mol. The van der Waals surface area contributed by atoms with E-state index in [0.717, 1.165) is 58.5 Å². The van der Waals surface area contributed by atoms with Crippen LogP contribution in [0.5, 0.6) is 0 Å². The topological polar surface area (TPSA) is 211 Å². The number of hydrogen-bond acceptors (Lipinski definition) is 12. The molecule has 0 spiro atoms. The average molecular weight is 997 g/mol. The van der Waals surface area contributed by atoms with Crippen molar-refractivity contribution in [2.24, 2.45) is 10.3 Å². The molecule has 7 aromatic carbocycles. The van der Waals surface area contributed by atoms with Gasteiger partial charge in [0.1, 0.15) is 5.71 Å². The fraction of sp³-hybridized carbons (Fsp3) is 0.179. The van der Waals surface area contributed by atoms with Gasteiger partial charge in [-0.1, -0.05) is 126 Å². The molecule has 0 fully saturated rings. The highest BCUT2D eigenvalue weighted by atomic mass is 31.2. The number of hydrogen-bond donors (Lipinski definition) is 1. The molecular formula is C56H49N6O10P. The smallest absolute Gasteiger partial charge is 0.331 e. The van der Waals surface area contributed by atoms with Crippen LogP contribution in [0, 0.1) is 20.2 Å². The molecule has 1 unspecified atom stereocenters. The Morgan fingerprint density at radius 3 is 1.40 bits per heavy atom. The van der Waals surface area contributed by atoms with Crippen LogP contribution in [-0.4, -0.2) is 47.4 Å². The van der Waals surface area contributed by atoms with Crippen LogP contribution in [0.1, 0.15) is 63.1 Å². The van der Waals surface area contributed by atoms with Crippen LogP contribution in [0.2, 0.25) is 0 Å². The predicted molar refractivity (Wildman–Crippen MR) is 283 cm³/mol. The molecule has 73 heavy (non-hydrogen) atoms. The highest BCUT2D eigenvalue weighted by Crippen LogP contribution is 2.61. The minimum absolute atomic E-state index is 0.0284. The SMILES string of the molecule is CC(=O)O/N=C(/c1ccc2c(c1)c1cc([N+](=O)[O-])ccc1n2CCCCCCn1c2ccc(/C(C)=N/OC(C)=O)cc2c2cc([N+](=O)[O-])ccc21)C(O)(c1ccccc1)P(=O)(c1ccccc1)c1ccccc1. The Bertz CT molecular complexity index is 3680. The minimum atomic E-state index is -4.26. The third-order valence-corrected chi connectivity index (χ3v) is 16.5. The molecule has 368 valence electrons. The molecular weight excluding hydrogens is 948 g/mol. The molecule has 1 atom stereocenters. The van der Waals surface area contributed by atoms with Crippen molar-refractivity contribution >= 4 is 96.1 Å². The summed E-state index contributed by atoms with van der Waals surface area (Å²) in [6, 6.07) is 46.3. The number of aryl methyl sites for hydroxylation is 2. The zero-order chi connectivity index (χ0) is 51.4. The largest absolute Gasteiger partial charge is 0.371 e. The summed E-state index contributed by atoms with van der Waals surface area (Å²) in [5.41, 5.74) is 4.54. The van der Waals surface area contributed by atoms with E-state index < -0.39 is 34.3 Å². The Kier molecular flexibility index (Phi) is 14.0. The summed E-state index contributed by atoms with van der Waals surface area (Å²) in [4.78, 5) is 57.4. The molecule has 0 radical (unpaired) electrons. The average Bonchev–Trinajstić information content (AvgIpc) is 3.89. The van der Waals surface area contributed by atoms with Gasteiger partial charge in [0.05, 0.1) is 15.6 Å². The first kappa shape index (κ1) is 49.4. The number of rotatable bonds is 18. The Morgan fingerprint density at radius 1 is 0.548 bits per heavy atom. The van der Waals surface area contributed by atoms with Crippen molar-refractivity contribution < 1.29 is 38.8 Å². The number of nitro groups is 2. The van der Waals surface area contributed by atoms with E-state index in [-0.39, 0.29) is 28.2 Å². The maximum absolute atomic E-state index is 16.4. The molecule has 0 amide bonds. The van der Waals surface area contributed by atoms with Gasteiger partial charge in [0, 0.05) is 111 Å². The van der Waals surface area contributed by atoms with E-state index in [9.17, 15) is 34.9 Å². The molecule has 2 aromatic heterocycles. The summed E-state index contributed by atoms with van der Waals surface area (Å²) >= 11 is 0. The molecule has 0 saturated carbocycles. The number of aliphatic hydroxyl groups is 1. The number of carbonyl (C=O) groups is 2. The lowest BCUT2D eigenvalue weighted by Gasteiger charge is -2.38. The van der Waals surface area contributed by atoms with Crippen molar-refractivity contribution in [3.8, 4) is 0 Å². The van der Waals surface area contributed by atoms with Crippen molar-refractivity contribution in [3.05, 3.63) is 201 Å². The van der Waals surface area contributed by atoms with Gasteiger partial charge in [0.15, 0.2) is 12.5 Å². The number of benzene rings is 7. The summed E-state index contributed by atoms with van der Waals surface area (Å²) in [7, 11) is -4.26. The second-order valence-corrected chi connectivity index (χ2v) is 20.6. The number of fused-ring (bicyclic) bond motifs is 6. The highest BCUT2D eigenvalue weighted by Gasteiger charge is 2.55. The van der Waals surface area contributed by atoms with Gasteiger partial charge < -0.3 is 28.5 Å². The summed E-state index contributed by atoms with van der Waals surface area (Å²) < 4.78 is 20.7. The Hall–Kier alpha value is -8.59. The van der Waals surface area contributed by atoms with Gasteiger partial charge in [-0.2, -0.15) is 0 Å². The molecule has 0 aliphatic heterocycles. The number of carbonyl (C=O) groups excluding carboxylic acids is 2. The quantitative estimate of drug-likeness (QED) is 0.0214. The first-order chi connectivity index (χ1) is 35.2. The zero-order valence-corrected chi connectivity index (χ0v) is 41.0. The zero-order valence-electron chi connectivity index (χ0n) is 40.1. The molecule has 16 nitrogen and oxygen atoms in total. The summed E-state index contributed by atoms with van der Waals surface area (Å²) in [5.74, 6) is -1.32. The van der Waals surface area contributed by atoms with E-state index in [1.54, 1.807) is 128 Å². The molecule has 17 heteroatoms. The fourth-order valence-corrected chi connectivity index (χ4v) is 12.9. The minimum Gasteiger partial charge on any atom is -0.371 e. The van der Waals surface area contributed by atoms with E-state index in [1.807, 2.05) is 24.3 Å². The lowest BCUT2D eigenvalue weighted by molar-refractivity contribution is -0.384. The number of unbranched alkanes of at least 4 members (excludes halogenated alkanes) is 3. The van der Waals surface area contributed by atoms with Crippen molar-refractivity contribution in [2.75, 3.05) is 0 Å². The van der Waals surface area contributed by atoms with Gasteiger partial charge >= 0.3 is 11.9 Å². The third kappa shape index (κ3) is 9.41. The van der Waals surface area contributed by atoms with Crippen molar-refractivity contribution in [3.63, 3.8) is 0 Å². The van der Waals surface area contributed by atoms with Crippen molar-refractivity contribution in [2.45, 2.75) is 64.9 Å². The van der Waals surface area contributed by atoms with E-state index in [1.165, 1.54) is 32.0 Å². The number of nitrogens with zero attached hydrogens (tertiary/aromatic N) is 6. The second-order valence-electron chi connectivity index (χ2n) is 17.7. The van der Waals surface area contributed by atoms with Crippen LogP contribution in [-0.2, 0) is 42.3 Å². The van der Waals surface area contributed by atoms with Gasteiger partial charge in [-0.15, -0.1) is 0 Å². The standard InChI is InChI=1S/C56H49N6O10P/c1-37(57-71-38(2)63)40-23-27-51-47(33-40)49-35-43(61(66)67)25-29-53(49)59(51)31-15-4-5-16-32-60-52-28-24-41(34-48(52)50-36-44(62(68)69)26-30-54(50)60)55(58-72-39(3)64)56(65,42-17-9-6-10-18-42)73(70,45-19-11-7-12-20-45)46-21-13-8-14-22-46/h6-14,17-30,33-36,65H,4-5,15-16,31-32H2,1-3H3/b57-37+,58-55-. The number of oxime groups is 2. The predicted octanol–water partition coefficient (Wildman–Crippen LogP) is 11.4. The lowest BCUT2D eigenvalue weighted by atomic mass is 9.97. The third-order valence-electron chi connectivity index (χ3n) is 13.1. The highest BCUT2D eigenvalue weighted by molar-refractivity contribution is 7.80.